The number of rotatable bonds is 6. The summed E-state index contributed by atoms with van der Waals surface area (Å²) >= 11 is 0. The van der Waals surface area contributed by atoms with E-state index in [1.807, 2.05) is 13.0 Å². The maximum absolute atomic E-state index is 13.6. The topological polar surface area (TPSA) is 32.3 Å². The lowest BCUT2D eigenvalue weighted by atomic mass is 9.93. The summed E-state index contributed by atoms with van der Waals surface area (Å²) in [7, 11) is 0. The second-order valence-electron chi connectivity index (χ2n) is 5.31. The van der Waals surface area contributed by atoms with Crippen molar-refractivity contribution in [3.63, 3.8) is 0 Å². The first kappa shape index (κ1) is 12.5. The van der Waals surface area contributed by atoms with Gasteiger partial charge in [-0.3, -0.25) is 0 Å². The summed E-state index contributed by atoms with van der Waals surface area (Å²) < 4.78 is 13.6. The van der Waals surface area contributed by atoms with E-state index >= 15 is 0 Å². The SMILES string of the molecule is CC(CO)(Cc1ccccc1F)NCC1CC1. The molecule has 2 nitrogen and oxygen atoms in total. The van der Waals surface area contributed by atoms with Crippen molar-refractivity contribution in [1.82, 2.24) is 5.32 Å². The van der Waals surface area contributed by atoms with E-state index < -0.39 is 5.54 Å². The van der Waals surface area contributed by atoms with Gasteiger partial charge in [0.05, 0.1) is 6.61 Å². The first-order valence-corrected chi connectivity index (χ1v) is 6.22. The Balaban J connectivity index is 1.99. The Kier molecular flexibility index (Phi) is 3.79. The van der Waals surface area contributed by atoms with Crippen molar-refractivity contribution in [2.24, 2.45) is 5.92 Å². The van der Waals surface area contributed by atoms with Crippen LogP contribution in [0.25, 0.3) is 0 Å². The van der Waals surface area contributed by atoms with E-state index in [0.717, 1.165) is 12.5 Å². The van der Waals surface area contributed by atoms with E-state index in [1.54, 1.807) is 12.1 Å². The van der Waals surface area contributed by atoms with Gasteiger partial charge < -0.3 is 10.4 Å². The smallest absolute Gasteiger partial charge is 0.126 e. The molecule has 1 aromatic carbocycles. The van der Waals surface area contributed by atoms with E-state index in [0.29, 0.717) is 12.0 Å². The van der Waals surface area contributed by atoms with Crippen LogP contribution in [-0.2, 0) is 6.42 Å². The first-order chi connectivity index (χ1) is 8.13. The Morgan fingerprint density at radius 1 is 1.41 bits per heavy atom. The molecule has 17 heavy (non-hydrogen) atoms. The predicted molar refractivity (Wildman–Crippen MR) is 66.3 cm³/mol. The molecule has 0 heterocycles. The maximum atomic E-state index is 13.6. The summed E-state index contributed by atoms with van der Waals surface area (Å²) in [6.07, 6.45) is 3.06. The van der Waals surface area contributed by atoms with Gasteiger partial charge >= 0.3 is 0 Å². The molecule has 94 valence electrons. The van der Waals surface area contributed by atoms with Crippen LogP contribution in [0.15, 0.2) is 24.3 Å². The van der Waals surface area contributed by atoms with Crippen LogP contribution in [0.3, 0.4) is 0 Å². The fraction of sp³-hybridized carbons (Fsp3) is 0.571. The van der Waals surface area contributed by atoms with Crippen molar-refractivity contribution in [1.29, 1.82) is 0 Å². The minimum absolute atomic E-state index is 0.0219. The Hall–Kier alpha value is -0.930. The Bertz CT molecular complexity index is 378. The van der Waals surface area contributed by atoms with E-state index in [1.165, 1.54) is 18.9 Å². The fourth-order valence-electron chi connectivity index (χ4n) is 1.95. The van der Waals surface area contributed by atoms with Gasteiger partial charge in [-0.05, 0) is 50.3 Å². The highest BCUT2D eigenvalue weighted by atomic mass is 19.1. The van der Waals surface area contributed by atoms with Gasteiger partial charge in [0.1, 0.15) is 5.82 Å². The summed E-state index contributed by atoms with van der Waals surface area (Å²) in [6, 6.07) is 6.76. The lowest BCUT2D eigenvalue weighted by Crippen LogP contribution is -2.48. The van der Waals surface area contributed by atoms with Crippen molar-refractivity contribution < 1.29 is 9.50 Å². The Morgan fingerprint density at radius 2 is 2.12 bits per heavy atom. The van der Waals surface area contributed by atoms with Crippen LogP contribution in [0.5, 0.6) is 0 Å². The third-order valence-electron chi connectivity index (χ3n) is 3.40. The highest BCUT2D eigenvalue weighted by Crippen LogP contribution is 2.28. The number of aliphatic hydroxyl groups is 1. The summed E-state index contributed by atoms with van der Waals surface area (Å²) in [5, 5.41) is 12.9. The molecule has 0 aliphatic heterocycles. The molecule has 3 heteroatoms. The average molecular weight is 237 g/mol. The van der Waals surface area contributed by atoms with Gasteiger partial charge in [0.25, 0.3) is 0 Å². The van der Waals surface area contributed by atoms with Crippen LogP contribution in [0.2, 0.25) is 0 Å². The predicted octanol–water partition coefficient (Wildman–Crippen LogP) is 2.12. The van der Waals surface area contributed by atoms with Crippen LogP contribution in [0.4, 0.5) is 4.39 Å². The zero-order chi connectivity index (χ0) is 12.3. The summed E-state index contributed by atoms with van der Waals surface area (Å²) in [4.78, 5) is 0. The second-order valence-corrected chi connectivity index (χ2v) is 5.31. The van der Waals surface area contributed by atoms with Gasteiger partial charge in [0.2, 0.25) is 0 Å². The van der Waals surface area contributed by atoms with Crippen molar-refractivity contribution in [3.8, 4) is 0 Å². The molecule has 1 aromatic rings. The summed E-state index contributed by atoms with van der Waals surface area (Å²) in [6.45, 7) is 2.89. The van der Waals surface area contributed by atoms with Crippen molar-refractivity contribution >= 4 is 0 Å². The zero-order valence-electron chi connectivity index (χ0n) is 10.2. The van der Waals surface area contributed by atoms with Crippen molar-refractivity contribution in [2.45, 2.75) is 31.7 Å². The molecule has 0 aromatic heterocycles. The molecule has 0 amide bonds. The van der Waals surface area contributed by atoms with E-state index in [9.17, 15) is 9.50 Å². The highest BCUT2D eigenvalue weighted by Gasteiger charge is 2.28. The van der Waals surface area contributed by atoms with Crippen LogP contribution in [-0.4, -0.2) is 23.8 Å². The van der Waals surface area contributed by atoms with Crippen LogP contribution < -0.4 is 5.32 Å². The number of aliphatic hydroxyl groups excluding tert-OH is 1. The molecule has 0 radical (unpaired) electrons. The molecule has 0 bridgehead atoms. The van der Waals surface area contributed by atoms with Crippen LogP contribution in [0, 0.1) is 11.7 Å². The lowest BCUT2D eigenvalue weighted by Gasteiger charge is -2.29. The van der Waals surface area contributed by atoms with Gasteiger partial charge in [0.15, 0.2) is 0 Å². The van der Waals surface area contributed by atoms with Gasteiger partial charge in [0, 0.05) is 5.54 Å². The van der Waals surface area contributed by atoms with E-state index in [2.05, 4.69) is 5.32 Å². The van der Waals surface area contributed by atoms with Crippen LogP contribution >= 0.6 is 0 Å². The van der Waals surface area contributed by atoms with Gasteiger partial charge in [-0.1, -0.05) is 18.2 Å². The largest absolute Gasteiger partial charge is 0.394 e. The minimum Gasteiger partial charge on any atom is -0.394 e. The van der Waals surface area contributed by atoms with E-state index in [4.69, 9.17) is 0 Å². The number of nitrogens with one attached hydrogen (secondary N) is 1. The monoisotopic (exact) mass is 237 g/mol. The fourth-order valence-corrected chi connectivity index (χ4v) is 1.95. The molecule has 1 unspecified atom stereocenters. The molecule has 0 spiro atoms. The van der Waals surface area contributed by atoms with Gasteiger partial charge in [-0.15, -0.1) is 0 Å². The van der Waals surface area contributed by atoms with Crippen molar-refractivity contribution in [3.05, 3.63) is 35.6 Å². The third kappa shape index (κ3) is 3.51. The molecule has 1 aliphatic carbocycles. The van der Waals surface area contributed by atoms with Gasteiger partial charge in [-0.2, -0.15) is 0 Å². The lowest BCUT2D eigenvalue weighted by molar-refractivity contribution is 0.171. The average Bonchev–Trinajstić information content (AvgIpc) is 3.14. The van der Waals surface area contributed by atoms with Crippen molar-refractivity contribution in [2.75, 3.05) is 13.2 Å². The van der Waals surface area contributed by atoms with Crippen LogP contribution in [0.1, 0.15) is 25.3 Å². The molecule has 0 saturated heterocycles. The molecule has 2 N–H and O–H groups in total. The molecular formula is C14H20FNO. The third-order valence-corrected chi connectivity index (χ3v) is 3.40. The van der Waals surface area contributed by atoms with E-state index in [-0.39, 0.29) is 12.4 Å². The standard InChI is InChI=1S/C14H20FNO/c1-14(10-17,16-9-11-6-7-11)8-12-4-2-3-5-13(12)15/h2-5,11,16-17H,6-10H2,1H3. The zero-order valence-corrected chi connectivity index (χ0v) is 10.2. The number of hydrogen-bond acceptors (Lipinski definition) is 2. The Labute approximate surface area is 102 Å². The molecule has 1 aliphatic rings. The maximum Gasteiger partial charge on any atom is 0.126 e. The van der Waals surface area contributed by atoms with Gasteiger partial charge in [-0.25, -0.2) is 4.39 Å². The minimum atomic E-state index is -0.426. The first-order valence-electron chi connectivity index (χ1n) is 6.22. The summed E-state index contributed by atoms with van der Waals surface area (Å²) in [5.41, 5.74) is 0.234. The highest BCUT2D eigenvalue weighted by molar-refractivity contribution is 5.20. The number of benzene rings is 1. The Morgan fingerprint density at radius 3 is 2.71 bits per heavy atom. The molecule has 2 rings (SSSR count). The number of halogens is 1. The molecular weight excluding hydrogens is 217 g/mol. The normalized spacial score (nSPS) is 19.0. The molecule has 1 atom stereocenters. The summed E-state index contributed by atoms with van der Waals surface area (Å²) in [5.74, 6) is 0.557. The molecule has 1 fully saturated rings. The number of hydrogen-bond donors (Lipinski definition) is 2. The second kappa shape index (κ2) is 5.15. The quantitative estimate of drug-likeness (QED) is 0.794. The molecule has 1 saturated carbocycles.